The number of fused-ring (bicyclic) bond motifs is 1. The quantitative estimate of drug-likeness (QED) is 0.112. The van der Waals surface area contributed by atoms with E-state index in [2.05, 4.69) is 74.1 Å². The summed E-state index contributed by atoms with van der Waals surface area (Å²) in [5, 5.41) is 9.94. The molecule has 0 aliphatic carbocycles. The maximum Gasteiger partial charge on any atom is 0.138 e. The number of benzene rings is 2. The molecular formula is C35H39FN8. The summed E-state index contributed by atoms with van der Waals surface area (Å²) in [7, 11) is 5.89. The summed E-state index contributed by atoms with van der Waals surface area (Å²) in [5.41, 5.74) is 9.89. The molecule has 0 saturated heterocycles. The summed E-state index contributed by atoms with van der Waals surface area (Å²) in [6.45, 7) is 12.2. The molecular weight excluding hydrogens is 551 g/mol. The number of aromatic amines is 1. The lowest BCUT2D eigenvalue weighted by Crippen LogP contribution is -2.20. The summed E-state index contributed by atoms with van der Waals surface area (Å²) in [6, 6.07) is 13.2. The SMILES string of the molecule is C=C(CCC)Nc1cncc(-c2ccc(NC)c(C(=C)c3nc4c(-c5cc(F)cc(NCCN(C)C)c5)cncc4[nH]3)c2)c1. The highest BCUT2D eigenvalue weighted by atomic mass is 19.1. The van der Waals surface area contributed by atoms with Crippen molar-refractivity contribution in [1.82, 2.24) is 24.8 Å². The van der Waals surface area contributed by atoms with Crippen molar-refractivity contribution in [3.05, 3.63) is 103 Å². The average molecular weight is 591 g/mol. The number of rotatable bonds is 13. The molecule has 0 bridgehead atoms. The van der Waals surface area contributed by atoms with Crippen LogP contribution in [0.15, 0.2) is 86.1 Å². The van der Waals surface area contributed by atoms with Crippen LogP contribution in [0.3, 0.4) is 0 Å². The smallest absolute Gasteiger partial charge is 0.138 e. The van der Waals surface area contributed by atoms with Crippen LogP contribution in [0, 0.1) is 5.82 Å². The Hall–Kier alpha value is -5.02. The number of anilines is 3. The Kier molecular flexibility index (Phi) is 9.35. The van der Waals surface area contributed by atoms with E-state index in [1.165, 1.54) is 12.1 Å². The number of halogens is 1. The Morgan fingerprint density at radius 2 is 1.73 bits per heavy atom. The lowest BCUT2D eigenvalue weighted by molar-refractivity contribution is 0.425. The van der Waals surface area contributed by atoms with Crippen molar-refractivity contribution < 1.29 is 4.39 Å². The molecule has 0 unspecified atom stereocenters. The van der Waals surface area contributed by atoms with Crippen LogP contribution < -0.4 is 16.0 Å². The van der Waals surface area contributed by atoms with Crippen LogP contribution >= 0.6 is 0 Å². The maximum atomic E-state index is 14.7. The van der Waals surface area contributed by atoms with E-state index >= 15 is 0 Å². The fourth-order valence-electron chi connectivity index (χ4n) is 5.11. The van der Waals surface area contributed by atoms with Crippen LogP contribution in [-0.4, -0.2) is 59.1 Å². The summed E-state index contributed by atoms with van der Waals surface area (Å²) < 4.78 is 14.7. The molecule has 3 aromatic heterocycles. The minimum atomic E-state index is -0.328. The number of allylic oxidation sites excluding steroid dienone is 1. The number of nitrogens with one attached hydrogen (secondary N) is 4. The Bertz CT molecular complexity index is 1810. The summed E-state index contributed by atoms with van der Waals surface area (Å²) in [5.74, 6) is 0.277. The van der Waals surface area contributed by atoms with Crippen LogP contribution in [0.5, 0.6) is 0 Å². The molecule has 0 spiro atoms. The highest BCUT2D eigenvalue weighted by Crippen LogP contribution is 2.35. The molecule has 0 saturated carbocycles. The number of imidazole rings is 1. The predicted molar refractivity (Wildman–Crippen MR) is 181 cm³/mol. The van der Waals surface area contributed by atoms with Crippen LogP contribution in [0.25, 0.3) is 38.9 Å². The molecule has 5 rings (SSSR count). The molecule has 3 heterocycles. The van der Waals surface area contributed by atoms with Crippen LogP contribution in [0.1, 0.15) is 31.2 Å². The molecule has 0 aliphatic rings. The van der Waals surface area contributed by atoms with Gasteiger partial charge < -0.3 is 25.8 Å². The highest BCUT2D eigenvalue weighted by Gasteiger charge is 2.17. The summed E-state index contributed by atoms with van der Waals surface area (Å²) in [4.78, 5) is 19.3. The largest absolute Gasteiger partial charge is 0.388 e. The zero-order valence-electron chi connectivity index (χ0n) is 25.8. The molecule has 0 aliphatic heterocycles. The van der Waals surface area contributed by atoms with Crippen LogP contribution in [0.2, 0.25) is 0 Å². The molecule has 5 aromatic rings. The minimum absolute atomic E-state index is 0.328. The second kappa shape index (κ2) is 13.5. The third kappa shape index (κ3) is 6.95. The second-order valence-electron chi connectivity index (χ2n) is 11.1. The van der Waals surface area contributed by atoms with Gasteiger partial charge in [0.2, 0.25) is 0 Å². The molecule has 8 nitrogen and oxygen atoms in total. The van der Waals surface area contributed by atoms with Crippen molar-refractivity contribution in [2.45, 2.75) is 19.8 Å². The van der Waals surface area contributed by atoms with Crippen molar-refractivity contribution in [2.75, 3.05) is 50.2 Å². The second-order valence-corrected chi connectivity index (χ2v) is 11.1. The molecule has 0 atom stereocenters. The van der Waals surface area contributed by atoms with Crippen molar-refractivity contribution in [3.8, 4) is 22.3 Å². The normalized spacial score (nSPS) is 11.1. The number of hydrogen-bond acceptors (Lipinski definition) is 7. The number of aromatic nitrogens is 4. The van der Waals surface area contributed by atoms with Gasteiger partial charge in [0.25, 0.3) is 0 Å². The molecule has 44 heavy (non-hydrogen) atoms. The van der Waals surface area contributed by atoms with Crippen LogP contribution in [0.4, 0.5) is 21.5 Å². The van der Waals surface area contributed by atoms with Gasteiger partial charge >= 0.3 is 0 Å². The number of H-pyrrole nitrogens is 1. The number of pyridine rings is 2. The highest BCUT2D eigenvalue weighted by molar-refractivity contribution is 5.95. The molecule has 4 N–H and O–H groups in total. The third-order valence-corrected chi connectivity index (χ3v) is 7.34. The van der Waals surface area contributed by atoms with Crippen molar-refractivity contribution in [2.24, 2.45) is 0 Å². The number of likely N-dealkylation sites (N-methyl/N-ethyl adjacent to an activating group) is 1. The lowest BCUT2D eigenvalue weighted by atomic mass is 9.98. The van der Waals surface area contributed by atoms with Gasteiger partial charge in [-0.2, -0.15) is 0 Å². The van der Waals surface area contributed by atoms with Crippen molar-refractivity contribution >= 4 is 33.7 Å². The van der Waals surface area contributed by atoms with Gasteiger partial charge in [0.1, 0.15) is 11.6 Å². The van der Waals surface area contributed by atoms with Gasteiger partial charge in [0.15, 0.2) is 0 Å². The minimum Gasteiger partial charge on any atom is -0.388 e. The van der Waals surface area contributed by atoms with E-state index in [1.54, 1.807) is 18.6 Å². The van der Waals surface area contributed by atoms with Gasteiger partial charge in [-0.3, -0.25) is 9.97 Å². The fourth-order valence-corrected chi connectivity index (χ4v) is 5.11. The van der Waals surface area contributed by atoms with Gasteiger partial charge in [0.05, 0.1) is 29.1 Å². The summed E-state index contributed by atoms with van der Waals surface area (Å²) >= 11 is 0. The van der Waals surface area contributed by atoms with Gasteiger partial charge in [-0.15, -0.1) is 0 Å². The van der Waals surface area contributed by atoms with E-state index in [4.69, 9.17) is 4.98 Å². The van der Waals surface area contributed by atoms with Gasteiger partial charge in [0, 0.05) is 71.9 Å². The van der Waals surface area contributed by atoms with Crippen LogP contribution in [-0.2, 0) is 0 Å². The monoisotopic (exact) mass is 590 g/mol. The van der Waals surface area contributed by atoms with Gasteiger partial charge in [-0.1, -0.05) is 32.6 Å². The molecule has 226 valence electrons. The van der Waals surface area contributed by atoms with Gasteiger partial charge in [-0.25, -0.2) is 9.37 Å². The summed E-state index contributed by atoms with van der Waals surface area (Å²) in [6.07, 6.45) is 9.01. The lowest BCUT2D eigenvalue weighted by Gasteiger charge is -2.14. The molecule has 2 aromatic carbocycles. The van der Waals surface area contributed by atoms with Crippen molar-refractivity contribution in [3.63, 3.8) is 0 Å². The topological polar surface area (TPSA) is 93.8 Å². The van der Waals surface area contributed by atoms with E-state index in [0.717, 1.165) is 64.2 Å². The first kappa shape index (κ1) is 30.4. The third-order valence-electron chi connectivity index (χ3n) is 7.34. The van der Waals surface area contributed by atoms with E-state index in [0.29, 0.717) is 34.7 Å². The molecule has 0 fully saturated rings. The Morgan fingerprint density at radius 3 is 2.50 bits per heavy atom. The first-order valence-corrected chi connectivity index (χ1v) is 14.7. The van der Waals surface area contributed by atoms with Crippen molar-refractivity contribution in [1.29, 1.82) is 0 Å². The van der Waals surface area contributed by atoms with Gasteiger partial charge in [-0.05, 0) is 68.0 Å². The zero-order valence-corrected chi connectivity index (χ0v) is 25.8. The molecule has 0 amide bonds. The maximum absolute atomic E-state index is 14.7. The Morgan fingerprint density at radius 1 is 0.932 bits per heavy atom. The Balaban J connectivity index is 1.48. The van der Waals surface area contributed by atoms with E-state index < -0.39 is 0 Å². The first-order valence-electron chi connectivity index (χ1n) is 14.7. The van der Waals surface area contributed by atoms with E-state index in [-0.39, 0.29) is 5.82 Å². The predicted octanol–water partition coefficient (Wildman–Crippen LogP) is 7.63. The van der Waals surface area contributed by atoms with E-state index in [1.807, 2.05) is 39.5 Å². The fraction of sp³-hybridized carbons (Fsp3) is 0.229. The molecule has 9 heteroatoms. The average Bonchev–Trinajstić information content (AvgIpc) is 3.45. The first-order chi connectivity index (χ1) is 21.2. The number of nitrogens with zero attached hydrogens (tertiary/aromatic N) is 4. The zero-order chi connectivity index (χ0) is 31.2. The van der Waals surface area contributed by atoms with E-state index in [9.17, 15) is 4.39 Å². The molecule has 0 radical (unpaired) electrons. The number of hydrogen-bond donors (Lipinski definition) is 4. The standard InChI is InChI=1S/C35H39FN8/c1-7-8-22(2)41-29-15-26(18-38-19-29)24-9-10-32(37-4)30(16-24)23(3)35-42-33-21-39-20-31(34(33)43-35)25-13-27(36)17-28(14-25)40-11-12-44(5)6/h9-10,13-21,37,40-41H,2-3,7-8,11-12H2,1,4-6H3,(H,42,43). The Labute approximate surface area is 258 Å².